The van der Waals surface area contributed by atoms with Crippen LogP contribution >= 0.6 is 11.6 Å². The van der Waals surface area contributed by atoms with E-state index in [4.69, 9.17) is 11.6 Å². The van der Waals surface area contributed by atoms with Crippen molar-refractivity contribution < 1.29 is 9.72 Å². The molecule has 0 aliphatic carbocycles. The van der Waals surface area contributed by atoms with Gasteiger partial charge < -0.3 is 19.8 Å². The van der Waals surface area contributed by atoms with Crippen LogP contribution in [0.2, 0.25) is 5.02 Å². The number of nitro benzene ring substituents is 1. The second-order valence-electron chi connectivity index (χ2n) is 6.22. The Labute approximate surface area is 163 Å². The predicted octanol–water partition coefficient (Wildman–Crippen LogP) is 2.79. The number of hydrogen-bond acceptors (Lipinski definition) is 6. The number of carbonyl (C=O) groups excluding carboxylic acids is 1. The van der Waals surface area contributed by atoms with Gasteiger partial charge in [0.15, 0.2) is 0 Å². The van der Waals surface area contributed by atoms with Crippen LogP contribution in [0.4, 0.5) is 17.1 Å². The molecule has 0 spiro atoms. The lowest BCUT2D eigenvalue weighted by atomic mass is 9.93. The molecule has 7 nitrogen and oxygen atoms in total. The van der Waals surface area contributed by atoms with Crippen molar-refractivity contribution in [2.24, 2.45) is 0 Å². The van der Waals surface area contributed by atoms with Crippen LogP contribution in [0.25, 0.3) is 0 Å². The largest absolute Gasteiger partial charge is 0.375 e. The number of hydrogen-bond donors (Lipinski definition) is 1. The first-order chi connectivity index (χ1) is 13.1. The number of nitrogens with zero attached hydrogens (tertiary/aromatic N) is 3. The van der Waals surface area contributed by atoms with E-state index >= 15 is 0 Å². The second-order valence-corrected chi connectivity index (χ2v) is 6.66. The number of anilines is 2. The van der Waals surface area contributed by atoms with E-state index in [0.29, 0.717) is 49.1 Å². The second kappa shape index (κ2) is 8.88. The third-order valence-electron chi connectivity index (χ3n) is 4.50. The van der Waals surface area contributed by atoms with E-state index in [0.717, 1.165) is 11.7 Å². The molecule has 27 heavy (non-hydrogen) atoms. The molecule has 0 amide bonds. The summed E-state index contributed by atoms with van der Waals surface area (Å²) in [4.78, 5) is 25.9. The van der Waals surface area contributed by atoms with Gasteiger partial charge in [-0.05, 0) is 29.8 Å². The van der Waals surface area contributed by atoms with Crippen LogP contribution < -0.4 is 10.2 Å². The Balaban J connectivity index is 1.78. The van der Waals surface area contributed by atoms with Crippen molar-refractivity contribution in [1.29, 1.82) is 0 Å². The van der Waals surface area contributed by atoms with Gasteiger partial charge in [0.05, 0.1) is 11.1 Å². The molecule has 2 aromatic carbocycles. The molecule has 0 saturated carbocycles. The van der Waals surface area contributed by atoms with Gasteiger partial charge in [0.1, 0.15) is 11.4 Å². The van der Waals surface area contributed by atoms with E-state index < -0.39 is 0 Å². The minimum atomic E-state index is -0.348. The van der Waals surface area contributed by atoms with Gasteiger partial charge in [-0.3, -0.25) is 10.1 Å². The van der Waals surface area contributed by atoms with Gasteiger partial charge in [0.25, 0.3) is 7.41 Å². The fourth-order valence-electron chi connectivity index (χ4n) is 3.16. The third-order valence-corrected chi connectivity index (χ3v) is 4.73. The molecule has 1 aliphatic heterocycles. The van der Waals surface area contributed by atoms with Crippen LogP contribution in [0.5, 0.6) is 0 Å². The summed E-state index contributed by atoms with van der Waals surface area (Å²) in [6.07, 6.45) is 0.762. The Hall–Kier alpha value is -2.58. The van der Waals surface area contributed by atoms with Gasteiger partial charge in [-0.15, -0.1) is 0 Å². The number of para-hydroxylation sites is 1. The number of nitrogens with one attached hydrogen (secondary N) is 1. The smallest absolute Gasteiger partial charge is 0.315 e. The molecule has 0 aromatic heterocycles. The number of benzene rings is 2. The fraction of sp³-hybridized carbons (Fsp3) is 0.278. The van der Waals surface area contributed by atoms with E-state index in [1.807, 2.05) is 34.0 Å². The normalized spacial score (nSPS) is 14.6. The highest BCUT2D eigenvalue weighted by Crippen LogP contribution is 2.36. The first-order valence-corrected chi connectivity index (χ1v) is 8.99. The number of carbonyl (C=O) groups is 1. The van der Waals surface area contributed by atoms with Crippen LogP contribution in [0, 0.1) is 10.1 Å². The molecule has 1 N–H and O–H groups in total. The van der Waals surface area contributed by atoms with Gasteiger partial charge in [0.2, 0.25) is 0 Å². The average Bonchev–Trinajstić information content (AvgIpc) is 2.67. The molecule has 1 aliphatic rings. The van der Waals surface area contributed by atoms with Crippen molar-refractivity contribution in [1.82, 2.24) is 4.81 Å². The van der Waals surface area contributed by atoms with E-state index in [9.17, 15) is 14.9 Å². The Bertz CT molecular complexity index is 828. The van der Waals surface area contributed by atoms with Crippen LogP contribution in [0.3, 0.4) is 0 Å². The summed E-state index contributed by atoms with van der Waals surface area (Å²) in [5.41, 5.74) is 2.06. The lowest BCUT2D eigenvalue weighted by Gasteiger charge is -2.35. The van der Waals surface area contributed by atoms with E-state index in [-0.39, 0.29) is 10.6 Å². The molecule has 0 atom stereocenters. The highest BCUT2D eigenvalue weighted by molar-refractivity contribution is 6.64. The number of halogens is 1. The van der Waals surface area contributed by atoms with Gasteiger partial charge in [0, 0.05) is 37.7 Å². The van der Waals surface area contributed by atoms with E-state index in [2.05, 4.69) is 5.32 Å². The van der Waals surface area contributed by atoms with Crippen LogP contribution in [0.15, 0.2) is 42.5 Å². The van der Waals surface area contributed by atoms with Crippen molar-refractivity contribution in [3.63, 3.8) is 0 Å². The van der Waals surface area contributed by atoms with Crippen molar-refractivity contribution >= 4 is 42.3 Å². The summed E-state index contributed by atoms with van der Waals surface area (Å²) in [6, 6.07) is 12.7. The molecule has 3 rings (SSSR count). The summed E-state index contributed by atoms with van der Waals surface area (Å²) in [7, 11) is 1.51. The van der Waals surface area contributed by atoms with Crippen molar-refractivity contribution in [3.8, 4) is 0 Å². The molecule has 1 heterocycles. The minimum Gasteiger partial charge on any atom is -0.375 e. The number of nitro groups is 1. The van der Waals surface area contributed by atoms with Crippen LogP contribution in [-0.2, 0) is 11.3 Å². The molecule has 0 unspecified atom stereocenters. The predicted molar refractivity (Wildman–Crippen MR) is 108 cm³/mol. The Morgan fingerprint density at radius 1 is 1.19 bits per heavy atom. The van der Waals surface area contributed by atoms with Crippen molar-refractivity contribution in [2.75, 3.05) is 36.4 Å². The Morgan fingerprint density at radius 3 is 2.59 bits per heavy atom. The molecule has 2 aromatic rings. The van der Waals surface area contributed by atoms with Gasteiger partial charge in [-0.25, -0.2) is 0 Å². The Kier molecular flexibility index (Phi) is 6.31. The summed E-state index contributed by atoms with van der Waals surface area (Å²) in [5, 5.41) is 15.6. The van der Waals surface area contributed by atoms with Gasteiger partial charge >= 0.3 is 5.69 Å². The number of piperazine rings is 1. The summed E-state index contributed by atoms with van der Waals surface area (Å²) in [6.45, 7) is 2.96. The van der Waals surface area contributed by atoms with Crippen LogP contribution in [-0.4, -0.2) is 49.5 Å². The highest BCUT2D eigenvalue weighted by atomic mass is 35.5. The number of rotatable bonds is 7. The zero-order valence-electron chi connectivity index (χ0n) is 14.7. The zero-order chi connectivity index (χ0) is 19.2. The first-order valence-electron chi connectivity index (χ1n) is 8.62. The third kappa shape index (κ3) is 4.78. The topological polar surface area (TPSA) is 78.7 Å². The lowest BCUT2D eigenvalue weighted by Crippen LogP contribution is -2.48. The van der Waals surface area contributed by atoms with Gasteiger partial charge in [-0.1, -0.05) is 29.8 Å². The molecule has 139 valence electrons. The fourth-order valence-corrected chi connectivity index (χ4v) is 3.38. The van der Waals surface area contributed by atoms with Crippen LogP contribution in [0.1, 0.15) is 5.56 Å². The maximum absolute atomic E-state index is 11.8. The molecular formula is C18H19BClN4O3. The SMILES string of the molecule is O=C[B]N1CCN(c2cccc(NCc3cccc(Cl)c3)c2[N+](=O)[O-])CC1. The summed E-state index contributed by atoms with van der Waals surface area (Å²) in [5.74, 6) is 0. The molecule has 9 heteroatoms. The van der Waals surface area contributed by atoms with Crippen molar-refractivity contribution in [2.45, 2.75) is 6.54 Å². The quantitative estimate of drug-likeness (QED) is 0.342. The highest BCUT2D eigenvalue weighted by Gasteiger charge is 2.26. The minimum absolute atomic E-state index is 0.0624. The first kappa shape index (κ1) is 19.2. The molecular weight excluding hydrogens is 366 g/mol. The van der Waals surface area contributed by atoms with E-state index in [1.165, 1.54) is 7.41 Å². The lowest BCUT2D eigenvalue weighted by molar-refractivity contribution is -0.383. The molecule has 0 bridgehead atoms. The maximum Gasteiger partial charge on any atom is 0.315 e. The molecule has 1 saturated heterocycles. The van der Waals surface area contributed by atoms with Gasteiger partial charge in [-0.2, -0.15) is 0 Å². The van der Waals surface area contributed by atoms with E-state index in [1.54, 1.807) is 18.2 Å². The zero-order valence-corrected chi connectivity index (χ0v) is 15.4. The standard InChI is InChI=1S/C18H19BClN4O3/c20-15-4-1-3-14(11-15)12-21-16-5-2-6-17(18(16)24(26)27)22-7-9-23(10-8-22)19-13-25/h1-6,11,13,21H,7-10,12H2. The molecule has 1 fully saturated rings. The maximum atomic E-state index is 11.8. The summed E-state index contributed by atoms with van der Waals surface area (Å²) >= 11 is 6.00. The van der Waals surface area contributed by atoms with Crippen molar-refractivity contribution in [3.05, 3.63) is 63.2 Å². The average molecular weight is 386 g/mol. The Morgan fingerprint density at radius 2 is 1.93 bits per heavy atom. The molecule has 1 radical (unpaired) electrons. The monoisotopic (exact) mass is 385 g/mol. The summed E-state index contributed by atoms with van der Waals surface area (Å²) < 4.78 is 0.